The van der Waals surface area contributed by atoms with E-state index >= 15 is 0 Å². The molecule has 0 unspecified atom stereocenters. The monoisotopic (exact) mass is 321 g/mol. The number of aryl methyl sites for hydroxylation is 1. The lowest BCUT2D eigenvalue weighted by Gasteiger charge is -2.09. The third-order valence-electron chi connectivity index (χ3n) is 2.57. The molecule has 4 nitrogen and oxygen atoms in total. The minimum absolute atomic E-state index is 0.600. The third-order valence-corrected chi connectivity index (χ3v) is 2.97. The van der Waals surface area contributed by atoms with Crippen molar-refractivity contribution < 1.29 is 4.74 Å². The summed E-state index contributed by atoms with van der Waals surface area (Å²) in [6.07, 6.45) is 0.803. The molecule has 0 bridgehead atoms. The van der Waals surface area contributed by atoms with Crippen LogP contribution < -0.4 is 5.32 Å². The van der Waals surface area contributed by atoms with Gasteiger partial charge in [-0.2, -0.15) is 0 Å². The van der Waals surface area contributed by atoms with Crippen molar-refractivity contribution in [2.75, 3.05) is 12.4 Å². The number of nitrogens with zero attached hydrogens (tertiary/aromatic N) is 2. The van der Waals surface area contributed by atoms with E-state index in [9.17, 15) is 0 Å². The van der Waals surface area contributed by atoms with E-state index in [1.54, 1.807) is 7.11 Å². The smallest absolute Gasteiger partial charge is 0.135 e. The molecule has 1 aromatic carbocycles. The van der Waals surface area contributed by atoms with Gasteiger partial charge in [0.15, 0.2) is 0 Å². The number of halogens is 1. The number of methoxy groups -OCH3 is 1. The fraction of sp³-hybridized carbons (Fsp3) is 0.286. The second-order valence-electron chi connectivity index (χ2n) is 4.10. The molecule has 0 aliphatic carbocycles. The van der Waals surface area contributed by atoms with Gasteiger partial charge in [0.05, 0.1) is 6.61 Å². The lowest BCUT2D eigenvalue weighted by atomic mass is 10.2. The van der Waals surface area contributed by atoms with E-state index < -0.39 is 0 Å². The Morgan fingerprint density at radius 2 is 2.11 bits per heavy atom. The van der Waals surface area contributed by atoms with Gasteiger partial charge in [-0.15, -0.1) is 0 Å². The van der Waals surface area contributed by atoms with E-state index in [0.717, 1.165) is 33.9 Å². The van der Waals surface area contributed by atoms with Crippen molar-refractivity contribution in [2.24, 2.45) is 0 Å². The number of anilines is 2. The Morgan fingerprint density at radius 3 is 2.84 bits per heavy atom. The van der Waals surface area contributed by atoms with E-state index in [0.29, 0.717) is 6.61 Å². The van der Waals surface area contributed by atoms with Crippen LogP contribution in [-0.2, 0) is 17.8 Å². The molecule has 0 spiro atoms. The minimum Gasteiger partial charge on any atom is -0.380 e. The van der Waals surface area contributed by atoms with E-state index in [1.807, 2.05) is 37.3 Å². The van der Waals surface area contributed by atoms with Gasteiger partial charge in [0, 0.05) is 25.3 Å². The summed E-state index contributed by atoms with van der Waals surface area (Å²) < 4.78 is 5.91. The average molecular weight is 322 g/mol. The first-order valence-electron chi connectivity index (χ1n) is 6.09. The number of hydrogen-bond acceptors (Lipinski definition) is 4. The van der Waals surface area contributed by atoms with Crippen LogP contribution in [0.25, 0.3) is 0 Å². The first-order chi connectivity index (χ1) is 9.21. The molecule has 1 aromatic heterocycles. The molecule has 0 radical (unpaired) electrons. The van der Waals surface area contributed by atoms with Crippen molar-refractivity contribution in [2.45, 2.75) is 20.0 Å². The van der Waals surface area contributed by atoms with Crippen LogP contribution in [-0.4, -0.2) is 17.1 Å². The summed E-state index contributed by atoms with van der Waals surface area (Å²) in [5.41, 5.74) is 2.11. The zero-order valence-electron chi connectivity index (χ0n) is 11.0. The maximum Gasteiger partial charge on any atom is 0.135 e. The Morgan fingerprint density at radius 1 is 1.26 bits per heavy atom. The van der Waals surface area contributed by atoms with Gasteiger partial charge in [-0.25, -0.2) is 9.97 Å². The average Bonchev–Trinajstić information content (AvgIpc) is 2.39. The summed E-state index contributed by atoms with van der Waals surface area (Å²) in [5, 5.41) is 3.28. The molecule has 0 fully saturated rings. The molecular weight excluding hydrogens is 306 g/mol. The van der Waals surface area contributed by atoms with E-state index in [4.69, 9.17) is 4.74 Å². The van der Waals surface area contributed by atoms with Gasteiger partial charge in [-0.3, -0.25) is 0 Å². The first kappa shape index (κ1) is 14.0. The molecule has 2 aromatic rings. The quantitative estimate of drug-likeness (QED) is 0.853. The molecule has 0 saturated heterocycles. The van der Waals surface area contributed by atoms with Crippen molar-refractivity contribution in [3.8, 4) is 0 Å². The van der Waals surface area contributed by atoms with Gasteiger partial charge in [-0.1, -0.05) is 19.1 Å². The van der Waals surface area contributed by atoms with Crippen LogP contribution >= 0.6 is 15.9 Å². The zero-order chi connectivity index (χ0) is 13.7. The van der Waals surface area contributed by atoms with Crippen LogP contribution in [0, 0.1) is 0 Å². The number of nitrogens with one attached hydrogen (secondary N) is 1. The molecule has 0 saturated carbocycles. The second-order valence-corrected chi connectivity index (χ2v) is 4.92. The Hall–Kier alpha value is -1.46. The Bertz CT molecular complexity index is 560. The maximum absolute atomic E-state index is 5.13. The topological polar surface area (TPSA) is 47.0 Å². The molecule has 2 rings (SSSR count). The van der Waals surface area contributed by atoms with Crippen molar-refractivity contribution in [1.82, 2.24) is 9.97 Å². The van der Waals surface area contributed by atoms with Gasteiger partial charge >= 0.3 is 0 Å². The summed E-state index contributed by atoms with van der Waals surface area (Å²) in [7, 11) is 1.69. The molecule has 19 heavy (non-hydrogen) atoms. The molecule has 0 aliphatic heterocycles. The van der Waals surface area contributed by atoms with Crippen molar-refractivity contribution >= 4 is 27.4 Å². The minimum atomic E-state index is 0.600. The molecule has 1 heterocycles. The Labute approximate surface area is 121 Å². The first-order valence-corrected chi connectivity index (χ1v) is 6.89. The standard InChI is InChI=1S/C14H16BrN3O/c1-3-13-17-12(15)8-14(18-13)16-11-6-4-5-10(7-11)9-19-2/h4-8H,3,9H2,1-2H3,(H,16,17,18). The van der Waals surface area contributed by atoms with Gasteiger partial charge in [-0.05, 0) is 33.6 Å². The molecule has 1 N–H and O–H groups in total. The largest absolute Gasteiger partial charge is 0.380 e. The van der Waals surface area contributed by atoms with E-state index in [1.165, 1.54) is 0 Å². The molecule has 0 atom stereocenters. The third kappa shape index (κ3) is 4.01. The Balaban J connectivity index is 2.20. The Kier molecular flexibility index (Phi) is 4.87. The van der Waals surface area contributed by atoms with Gasteiger partial charge < -0.3 is 10.1 Å². The van der Waals surface area contributed by atoms with Crippen LogP contribution in [0.5, 0.6) is 0 Å². The molecule has 5 heteroatoms. The number of hydrogen-bond donors (Lipinski definition) is 1. The highest BCUT2D eigenvalue weighted by atomic mass is 79.9. The number of ether oxygens (including phenoxy) is 1. The molecule has 0 amide bonds. The highest BCUT2D eigenvalue weighted by molar-refractivity contribution is 9.10. The van der Waals surface area contributed by atoms with Crippen LogP contribution in [0.3, 0.4) is 0 Å². The van der Waals surface area contributed by atoms with Gasteiger partial charge in [0.1, 0.15) is 16.2 Å². The molecule has 100 valence electrons. The lowest BCUT2D eigenvalue weighted by Crippen LogP contribution is -2.00. The van der Waals surface area contributed by atoms with Gasteiger partial charge in [0.25, 0.3) is 0 Å². The summed E-state index contributed by atoms with van der Waals surface area (Å²) in [5.74, 6) is 1.60. The highest BCUT2D eigenvalue weighted by Gasteiger charge is 2.03. The number of aromatic nitrogens is 2. The fourth-order valence-electron chi connectivity index (χ4n) is 1.74. The van der Waals surface area contributed by atoms with Gasteiger partial charge in [0.2, 0.25) is 0 Å². The van der Waals surface area contributed by atoms with Crippen molar-refractivity contribution in [3.63, 3.8) is 0 Å². The normalized spacial score (nSPS) is 10.5. The van der Waals surface area contributed by atoms with E-state index in [-0.39, 0.29) is 0 Å². The fourth-order valence-corrected chi connectivity index (χ4v) is 2.16. The SMILES string of the molecule is CCc1nc(Br)cc(Nc2cccc(COC)c2)n1. The van der Waals surface area contributed by atoms with E-state index in [2.05, 4.69) is 31.2 Å². The predicted octanol–water partition coefficient (Wildman–Crippen LogP) is 3.69. The van der Waals surface area contributed by atoms with Crippen molar-refractivity contribution in [1.29, 1.82) is 0 Å². The molecular formula is C14H16BrN3O. The van der Waals surface area contributed by atoms with Crippen LogP contribution in [0.1, 0.15) is 18.3 Å². The lowest BCUT2D eigenvalue weighted by molar-refractivity contribution is 0.185. The summed E-state index contributed by atoms with van der Waals surface area (Å²) in [6.45, 7) is 2.63. The highest BCUT2D eigenvalue weighted by Crippen LogP contribution is 2.19. The summed E-state index contributed by atoms with van der Waals surface area (Å²) in [6, 6.07) is 9.93. The number of benzene rings is 1. The second kappa shape index (κ2) is 6.63. The van der Waals surface area contributed by atoms with Crippen LogP contribution in [0.4, 0.5) is 11.5 Å². The molecule has 0 aliphatic rings. The predicted molar refractivity (Wildman–Crippen MR) is 79.5 cm³/mol. The van der Waals surface area contributed by atoms with Crippen LogP contribution in [0.15, 0.2) is 34.9 Å². The van der Waals surface area contributed by atoms with Crippen LogP contribution in [0.2, 0.25) is 0 Å². The van der Waals surface area contributed by atoms with Crippen molar-refractivity contribution in [3.05, 3.63) is 46.3 Å². The number of rotatable bonds is 5. The summed E-state index contributed by atoms with van der Waals surface area (Å²) in [4.78, 5) is 8.73. The zero-order valence-corrected chi connectivity index (χ0v) is 12.6. The maximum atomic E-state index is 5.13. The summed E-state index contributed by atoms with van der Waals surface area (Å²) >= 11 is 3.40.